The second-order valence-electron chi connectivity index (χ2n) is 7.54. The Morgan fingerprint density at radius 2 is 1.71 bits per heavy atom. The number of aryl methyl sites for hydroxylation is 1. The van der Waals surface area contributed by atoms with Gasteiger partial charge in [-0.15, -0.1) is 0 Å². The number of rotatable bonds is 3. The van der Waals surface area contributed by atoms with Gasteiger partial charge in [0.2, 0.25) is 0 Å². The van der Waals surface area contributed by atoms with E-state index in [2.05, 4.69) is 41.0 Å². The summed E-state index contributed by atoms with van der Waals surface area (Å²) < 4.78 is 0. The molecule has 0 unspecified atom stereocenters. The highest BCUT2D eigenvalue weighted by molar-refractivity contribution is 5.21. The van der Waals surface area contributed by atoms with Crippen molar-refractivity contribution in [1.29, 1.82) is 0 Å². The molecule has 21 heavy (non-hydrogen) atoms. The van der Waals surface area contributed by atoms with Gasteiger partial charge in [-0.3, -0.25) is 9.80 Å². The highest BCUT2D eigenvalue weighted by Crippen LogP contribution is 2.46. The summed E-state index contributed by atoms with van der Waals surface area (Å²) in [5, 5.41) is 0. The van der Waals surface area contributed by atoms with Gasteiger partial charge in [0.05, 0.1) is 0 Å². The Morgan fingerprint density at radius 3 is 2.33 bits per heavy atom. The second kappa shape index (κ2) is 5.73. The van der Waals surface area contributed by atoms with Crippen LogP contribution in [0, 0.1) is 18.8 Å². The fraction of sp³-hybridized carbons (Fsp3) is 0.684. The Bertz CT molecular complexity index is 473. The summed E-state index contributed by atoms with van der Waals surface area (Å²) in [5.74, 6) is 2.12. The number of benzene rings is 1. The molecule has 2 nitrogen and oxygen atoms in total. The monoisotopic (exact) mass is 284 g/mol. The molecule has 1 saturated heterocycles. The molecule has 1 aliphatic heterocycles. The summed E-state index contributed by atoms with van der Waals surface area (Å²) >= 11 is 0. The van der Waals surface area contributed by atoms with Crippen LogP contribution in [0.3, 0.4) is 0 Å². The average molecular weight is 284 g/mol. The first kappa shape index (κ1) is 13.8. The van der Waals surface area contributed by atoms with Crippen LogP contribution in [0.2, 0.25) is 0 Å². The van der Waals surface area contributed by atoms with E-state index < -0.39 is 0 Å². The fourth-order valence-corrected chi connectivity index (χ4v) is 4.86. The third kappa shape index (κ3) is 2.89. The van der Waals surface area contributed by atoms with E-state index >= 15 is 0 Å². The first-order valence-electron chi connectivity index (χ1n) is 8.80. The zero-order chi connectivity index (χ0) is 14.2. The highest BCUT2D eigenvalue weighted by Gasteiger charge is 2.42. The SMILES string of the molecule is Cc1ccc(CN2CCN([C@H]3C[C@H]4CC[C@H]3C4)CC2)cc1. The summed E-state index contributed by atoms with van der Waals surface area (Å²) in [4.78, 5) is 5.45. The number of fused-ring (bicyclic) bond motifs is 2. The van der Waals surface area contributed by atoms with E-state index in [0.717, 1.165) is 24.4 Å². The maximum Gasteiger partial charge on any atom is 0.0234 e. The van der Waals surface area contributed by atoms with E-state index in [-0.39, 0.29) is 0 Å². The van der Waals surface area contributed by atoms with Gasteiger partial charge in [0.25, 0.3) is 0 Å². The van der Waals surface area contributed by atoms with Crippen LogP contribution in [0.15, 0.2) is 24.3 Å². The van der Waals surface area contributed by atoms with Crippen LogP contribution < -0.4 is 0 Å². The van der Waals surface area contributed by atoms with Crippen molar-refractivity contribution in [2.45, 2.75) is 45.2 Å². The summed E-state index contributed by atoms with van der Waals surface area (Å²) in [6.45, 7) is 8.38. The fourth-order valence-electron chi connectivity index (χ4n) is 4.86. The maximum atomic E-state index is 2.81. The van der Waals surface area contributed by atoms with Gasteiger partial charge in [-0.25, -0.2) is 0 Å². The van der Waals surface area contributed by atoms with Crippen molar-refractivity contribution >= 4 is 0 Å². The summed E-state index contributed by atoms with van der Waals surface area (Å²) in [7, 11) is 0. The van der Waals surface area contributed by atoms with Gasteiger partial charge >= 0.3 is 0 Å². The summed E-state index contributed by atoms with van der Waals surface area (Å²) in [6.07, 6.45) is 6.07. The minimum Gasteiger partial charge on any atom is -0.298 e. The Kier molecular flexibility index (Phi) is 3.76. The Hall–Kier alpha value is -0.860. The molecule has 2 saturated carbocycles. The molecule has 114 valence electrons. The normalized spacial score (nSPS) is 33.7. The van der Waals surface area contributed by atoms with Gasteiger partial charge in [0.15, 0.2) is 0 Å². The van der Waals surface area contributed by atoms with Crippen LogP contribution in [0.5, 0.6) is 0 Å². The number of piperazine rings is 1. The lowest BCUT2D eigenvalue weighted by Crippen LogP contribution is -2.51. The minimum atomic E-state index is 0.935. The van der Waals surface area contributed by atoms with Gasteiger partial charge in [-0.2, -0.15) is 0 Å². The Balaban J connectivity index is 1.29. The first-order chi connectivity index (χ1) is 10.3. The van der Waals surface area contributed by atoms with Crippen molar-refractivity contribution in [2.75, 3.05) is 26.2 Å². The number of nitrogens with zero attached hydrogens (tertiary/aromatic N) is 2. The van der Waals surface area contributed by atoms with E-state index in [0.29, 0.717) is 0 Å². The molecule has 3 aliphatic rings. The van der Waals surface area contributed by atoms with Crippen molar-refractivity contribution in [3.63, 3.8) is 0 Å². The third-order valence-corrected chi connectivity index (χ3v) is 6.10. The van der Waals surface area contributed by atoms with Gasteiger partial charge < -0.3 is 0 Å². The molecule has 1 aromatic carbocycles. The molecular weight excluding hydrogens is 256 g/mol. The molecule has 1 aromatic rings. The summed E-state index contributed by atoms with van der Waals surface area (Å²) in [6, 6.07) is 9.99. The van der Waals surface area contributed by atoms with E-state index in [9.17, 15) is 0 Å². The van der Waals surface area contributed by atoms with Crippen LogP contribution in [0.4, 0.5) is 0 Å². The molecule has 0 spiro atoms. The van der Waals surface area contributed by atoms with Gasteiger partial charge in [0.1, 0.15) is 0 Å². The van der Waals surface area contributed by atoms with E-state index in [1.807, 2.05) is 0 Å². The lowest BCUT2D eigenvalue weighted by atomic mass is 9.93. The molecular formula is C19H28N2. The van der Waals surface area contributed by atoms with Crippen molar-refractivity contribution in [1.82, 2.24) is 9.80 Å². The van der Waals surface area contributed by atoms with Crippen LogP contribution in [0.1, 0.15) is 36.8 Å². The molecule has 2 heteroatoms. The molecule has 3 atom stereocenters. The summed E-state index contributed by atoms with van der Waals surface area (Å²) in [5.41, 5.74) is 2.83. The van der Waals surface area contributed by atoms with Gasteiger partial charge in [-0.1, -0.05) is 36.2 Å². The van der Waals surface area contributed by atoms with Crippen LogP contribution >= 0.6 is 0 Å². The molecule has 0 amide bonds. The predicted octanol–water partition coefficient (Wildman–Crippen LogP) is 3.30. The quantitative estimate of drug-likeness (QED) is 0.840. The molecule has 4 rings (SSSR count). The molecule has 3 fully saturated rings. The van der Waals surface area contributed by atoms with E-state index in [1.54, 1.807) is 0 Å². The Morgan fingerprint density at radius 1 is 0.952 bits per heavy atom. The van der Waals surface area contributed by atoms with Crippen molar-refractivity contribution in [3.8, 4) is 0 Å². The largest absolute Gasteiger partial charge is 0.298 e. The average Bonchev–Trinajstić information content (AvgIpc) is 3.13. The van der Waals surface area contributed by atoms with Gasteiger partial charge in [-0.05, 0) is 43.6 Å². The van der Waals surface area contributed by atoms with Gasteiger partial charge in [0, 0.05) is 38.8 Å². The number of hydrogen-bond donors (Lipinski definition) is 0. The molecule has 2 aliphatic carbocycles. The van der Waals surface area contributed by atoms with Crippen LogP contribution in [-0.2, 0) is 6.54 Å². The highest BCUT2D eigenvalue weighted by atomic mass is 15.3. The lowest BCUT2D eigenvalue weighted by Gasteiger charge is -2.41. The standard InChI is InChI=1S/C19H28N2/c1-15-2-4-16(5-3-15)14-20-8-10-21(11-9-20)19-13-17-6-7-18(19)12-17/h2-5,17-19H,6-14H2,1H3/t17-,18-,19-/m0/s1. The van der Waals surface area contributed by atoms with Crippen molar-refractivity contribution in [3.05, 3.63) is 35.4 Å². The van der Waals surface area contributed by atoms with Crippen molar-refractivity contribution in [2.24, 2.45) is 11.8 Å². The number of hydrogen-bond acceptors (Lipinski definition) is 2. The van der Waals surface area contributed by atoms with Crippen LogP contribution in [0.25, 0.3) is 0 Å². The van der Waals surface area contributed by atoms with Crippen molar-refractivity contribution < 1.29 is 0 Å². The van der Waals surface area contributed by atoms with E-state index in [4.69, 9.17) is 0 Å². The zero-order valence-electron chi connectivity index (χ0n) is 13.3. The Labute approximate surface area is 129 Å². The molecule has 1 heterocycles. The molecule has 0 aromatic heterocycles. The third-order valence-electron chi connectivity index (χ3n) is 6.10. The first-order valence-corrected chi connectivity index (χ1v) is 8.80. The molecule has 0 N–H and O–H groups in total. The molecule has 0 radical (unpaired) electrons. The topological polar surface area (TPSA) is 6.48 Å². The van der Waals surface area contributed by atoms with Crippen LogP contribution in [-0.4, -0.2) is 42.0 Å². The smallest absolute Gasteiger partial charge is 0.0234 e. The van der Waals surface area contributed by atoms with E-state index in [1.165, 1.54) is 63.0 Å². The predicted molar refractivity (Wildman–Crippen MR) is 87.3 cm³/mol. The lowest BCUT2D eigenvalue weighted by molar-refractivity contribution is 0.0679. The second-order valence-corrected chi connectivity index (χ2v) is 7.54. The maximum absolute atomic E-state index is 2.81. The molecule has 2 bridgehead atoms. The minimum absolute atomic E-state index is 0.935. The zero-order valence-corrected chi connectivity index (χ0v) is 13.3.